The minimum atomic E-state index is -3.11. The van der Waals surface area contributed by atoms with Crippen molar-refractivity contribution in [2.24, 2.45) is 17.6 Å². The summed E-state index contributed by atoms with van der Waals surface area (Å²) < 4.78 is 22.7. The number of sulfone groups is 1. The lowest BCUT2D eigenvalue weighted by Gasteiger charge is -2.17. The molecule has 0 aliphatic carbocycles. The Morgan fingerprint density at radius 2 is 1.81 bits per heavy atom. The van der Waals surface area contributed by atoms with E-state index in [-0.39, 0.29) is 0 Å². The van der Waals surface area contributed by atoms with Crippen molar-refractivity contribution >= 4 is 9.84 Å². The number of benzene rings is 1. The van der Waals surface area contributed by atoms with Crippen molar-refractivity contribution in [3.05, 3.63) is 29.8 Å². The summed E-state index contributed by atoms with van der Waals surface area (Å²) in [4.78, 5) is 0.367. The molecule has 1 aromatic carbocycles. The van der Waals surface area contributed by atoms with E-state index in [1.54, 1.807) is 12.1 Å². The van der Waals surface area contributed by atoms with Gasteiger partial charge < -0.3 is 11.1 Å². The minimum absolute atomic E-state index is 0.367. The highest BCUT2D eigenvalue weighted by Gasteiger charge is 2.09. The number of nitrogens with one attached hydrogen (secondary N) is 1. The Labute approximate surface area is 129 Å². The molecular weight excluding hydrogens is 284 g/mol. The van der Waals surface area contributed by atoms with Crippen molar-refractivity contribution in [2.45, 2.75) is 38.1 Å². The van der Waals surface area contributed by atoms with E-state index in [0.717, 1.165) is 31.6 Å². The van der Waals surface area contributed by atoms with E-state index in [1.807, 2.05) is 12.1 Å². The number of hydrogen-bond acceptors (Lipinski definition) is 4. The van der Waals surface area contributed by atoms with Gasteiger partial charge in [0.25, 0.3) is 0 Å². The smallest absolute Gasteiger partial charge is 0.175 e. The number of rotatable bonds is 9. The number of nitrogens with two attached hydrogens (primary N) is 1. The van der Waals surface area contributed by atoms with Crippen LogP contribution in [0.15, 0.2) is 29.2 Å². The van der Waals surface area contributed by atoms with E-state index in [0.29, 0.717) is 16.7 Å². The molecule has 1 unspecified atom stereocenters. The maximum atomic E-state index is 11.4. The Bertz CT molecular complexity index is 510. The molecule has 5 heteroatoms. The predicted octanol–water partition coefficient (Wildman–Crippen LogP) is 2.19. The molecule has 0 spiro atoms. The normalized spacial score (nSPS) is 13.6. The average molecular weight is 312 g/mol. The first kappa shape index (κ1) is 18.1. The quantitative estimate of drug-likeness (QED) is 0.686. The van der Waals surface area contributed by atoms with Crippen LogP contribution in [-0.4, -0.2) is 27.8 Å². The Balaban J connectivity index is 2.36. The van der Waals surface area contributed by atoms with E-state index >= 15 is 0 Å². The predicted molar refractivity (Wildman–Crippen MR) is 87.9 cm³/mol. The minimum Gasteiger partial charge on any atom is -0.330 e. The van der Waals surface area contributed by atoms with Crippen LogP contribution in [0.5, 0.6) is 0 Å². The van der Waals surface area contributed by atoms with Crippen LogP contribution in [0.3, 0.4) is 0 Å². The molecule has 120 valence electrons. The highest BCUT2D eigenvalue weighted by Crippen LogP contribution is 2.14. The Morgan fingerprint density at radius 3 is 2.29 bits per heavy atom. The molecule has 0 fully saturated rings. The maximum Gasteiger partial charge on any atom is 0.175 e. The topological polar surface area (TPSA) is 72.2 Å². The summed E-state index contributed by atoms with van der Waals surface area (Å²) in [6.07, 6.45) is 3.47. The molecule has 0 saturated heterocycles. The van der Waals surface area contributed by atoms with Crippen LogP contribution in [0.25, 0.3) is 0 Å². The molecule has 21 heavy (non-hydrogen) atoms. The van der Waals surface area contributed by atoms with E-state index in [1.165, 1.54) is 12.7 Å². The van der Waals surface area contributed by atoms with E-state index in [2.05, 4.69) is 19.2 Å². The fourth-order valence-electron chi connectivity index (χ4n) is 2.39. The van der Waals surface area contributed by atoms with Gasteiger partial charge in [0, 0.05) is 12.8 Å². The second kappa shape index (κ2) is 8.51. The zero-order valence-corrected chi connectivity index (χ0v) is 14.1. The van der Waals surface area contributed by atoms with Crippen molar-refractivity contribution in [1.82, 2.24) is 5.32 Å². The molecule has 1 atom stereocenters. The molecule has 0 radical (unpaired) electrons. The standard InChI is InChI=1S/C16H28N2O2S/c1-13(2)10-15(11-17)8-9-18-12-14-4-6-16(7-5-14)21(3,19)20/h4-7,13,15,18H,8-12,17H2,1-3H3. The third kappa shape index (κ3) is 7.07. The molecule has 3 N–H and O–H groups in total. The van der Waals surface area contributed by atoms with Crippen LogP contribution in [0, 0.1) is 11.8 Å². The van der Waals surface area contributed by atoms with Gasteiger partial charge in [-0.3, -0.25) is 0 Å². The van der Waals surface area contributed by atoms with Crippen LogP contribution in [0.2, 0.25) is 0 Å². The summed E-state index contributed by atoms with van der Waals surface area (Å²) in [6.45, 7) is 6.87. The summed E-state index contributed by atoms with van der Waals surface area (Å²) in [5, 5.41) is 3.39. The summed E-state index contributed by atoms with van der Waals surface area (Å²) >= 11 is 0. The molecule has 0 aromatic heterocycles. The first-order valence-corrected chi connectivity index (χ1v) is 9.42. The lowest BCUT2D eigenvalue weighted by molar-refractivity contribution is 0.385. The SMILES string of the molecule is CC(C)CC(CN)CCNCc1ccc(S(C)(=O)=O)cc1. The van der Waals surface area contributed by atoms with Gasteiger partial charge in [-0.15, -0.1) is 0 Å². The van der Waals surface area contributed by atoms with E-state index < -0.39 is 9.84 Å². The van der Waals surface area contributed by atoms with Gasteiger partial charge >= 0.3 is 0 Å². The second-order valence-electron chi connectivity index (χ2n) is 6.11. The van der Waals surface area contributed by atoms with Crippen molar-refractivity contribution < 1.29 is 8.42 Å². The van der Waals surface area contributed by atoms with Gasteiger partial charge in [0.15, 0.2) is 9.84 Å². The van der Waals surface area contributed by atoms with Crippen molar-refractivity contribution in [1.29, 1.82) is 0 Å². The van der Waals surface area contributed by atoms with Gasteiger partial charge in [0.05, 0.1) is 4.90 Å². The van der Waals surface area contributed by atoms with Gasteiger partial charge in [-0.1, -0.05) is 26.0 Å². The molecule has 0 saturated carbocycles. The van der Waals surface area contributed by atoms with Crippen LogP contribution in [0.4, 0.5) is 0 Å². The molecule has 0 aliphatic rings. The summed E-state index contributed by atoms with van der Waals surface area (Å²) in [5.74, 6) is 1.26. The van der Waals surface area contributed by atoms with Crippen LogP contribution in [0.1, 0.15) is 32.3 Å². The molecule has 1 rings (SSSR count). The highest BCUT2D eigenvalue weighted by atomic mass is 32.2. The van der Waals surface area contributed by atoms with Crippen LogP contribution < -0.4 is 11.1 Å². The monoisotopic (exact) mass is 312 g/mol. The summed E-state index contributed by atoms with van der Waals surface area (Å²) in [5.41, 5.74) is 6.88. The Hall–Kier alpha value is -0.910. The third-order valence-corrected chi connectivity index (χ3v) is 4.68. The van der Waals surface area contributed by atoms with Gasteiger partial charge in [0.1, 0.15) is 0 Å². The summed E-state index contributed by atoms with van der Waals surface area (Å²) in [7, 11) is -3.11. The lowest BCUT2D eigenvalue weighted by atomic mass is 9.94. The maximum absolute atomic E-state index is 11.4. The average Bonchev–Trinajstić information content (AvgIpc) is 2.41. The molecule has 1 aromatic rings. The fourth-order valence-corrected chi connectivity index (χ4v) is 3.02. The number of hydrogen-bond donors (Lipinski definition) is 2. The highest BCUT2D eigenvalue weighted by molar-refractivity contribution is 7.90. The molecule has 0 aliphatic heterocycles. The first-order valence-electron chi connectivity index (χ1n) is 7.52. The van der Waals surface area contributed by atoms with Gasteiger partial charge in [-0.2, -0.15) is 0 Å². The molecule has 0 amide bonds. The van der Waals surface area contributed by atoms with Gasteiger partial charge in [-0.25, -0.2) is 8.42 Å². The fraction of sp³-hybridized carbons (Fsp3) is 0.625. The second-order valence-corrected chi connectivity index (χ2v) is 8.13. The van der Waals surface area contributed by atoms with Crippen molar-refractivity contribution in [3.63, 3.8) is 0 Å². The first-order chi connectivity index (χ1) is 9.82. The summed E-state index contributed by atoms with van der Waals surface area (Å²) in [6, 6.07) is 7.04. The molecule has 4 nitrogen and oxygen atoms in total. The molecule has 0 bridgehead atoms. The van der Waals surface area contributed by atoms with Crippen molar-refractivity contribution in [2.75, 3.05) is 19.3 Å². The zero-order chi connectivity index (χ0) is 15.9. The largest absolute Gasteiger partial charge is 0.330 e. The van der Waals surface area contributed by atoms with E-state index in [9.17, 15) is 8.42 Å². The van der Waals surface area contributed by atoms with Gasteiger partial charge in [0.2, 0.25) is 0 Å². The van der Waals surface area contributed by atoms with Gasteiger partial charge in [-0.05, 0) is 55.5 Å². The zero-order valence-electron chi connectivity index (χ0n) is 13.3. The van der Waals surface area contributed by atoms with Crippen LogP contribution >= 0.6 is 0 Å². The lowest BCUT2D eigenvalue weighted by Crippen LogP contribution is -2.23. The molecular formula is C16H28N2O2S. The molecule has 0 heterocycles. The Morgan fingerprint density at radius 1 is 1.19 bits per heavy atom. The van der Waals surface area contributed by atoms with E-state index in [4.69, 9.17) is 5.73 Å². The van der Waals surface area contributed by atoms with Crippen LogP contribution in [-0.2, 0) is 16.4 Å². The Kier molecular flexibility index (Phi) is 7.35. The third-order valence-electron chi connectivity index (χ3n) is 3.55. The van der Waals surface area contributed by atoms with Crippen molar-refractivity contribution in [3.8, 4) is 0 Å².